The maximum atomic E-state index is 11.3. The predicted octanol–water partition coefficient (Wildman–Crippen LogP) is -1.15. The van der Waals surface area contributed by atoms with Gasteiger partial charge in [-0.3, -0.25) is 14.5 Å². The number of cyclic esters (lactones) is 1. The van der Waals surface area contributed by atoms with Crippen molar-refractivity contribution >= 4 is 11.9 Å². The molecule has 0 aromatic carbocycles. The number of carbonyl (C=O) groups is 2. The second-order valence-corrected chi connectivity index (χ2v) is 4.39. The summed E-state index contributed by atoms with van der Waals surface area (Å²) in [6.07, 6.45) is 0.366. The van der Waals surface area contributed by atoms with E-state index in [1.54, 1.807) is 0 Å². The van der Waals surface area contributed by atoms with Gasteiger partial charge in [0.1, 0.15) is 0 Å². The molecule has 1 amide bonds. The molecular weight excluding hydrogens is 240 g/mol. The molecule has 7 heteroatoms. The van der Waals surface area contributed by atoms with E-state index in [2.05, 4.69) is 4.90 Å². The van der Waals surface area contributed by atoms with Crippen LogP contribution in [0.3, 0.4) is 0 Å². The molecule has 2 saturated heterocycles. The van der Waals surface area contributed by atoms with Crippen molar-refractivity contribution in [1.82, 2.24) is 4.90 Å². The van der Waals surface area contributed by atoms with E-state index in [0.717, 1.165) is 13.1 Å². The first-order valence-corrected chi connectivity index (χ1v) is 6.08. The van der Waals surface area contributed by atoms with Crippen molar-refractivity contribution in [2.24, 2.45) is 5.73 Å². The fourth-order valence-corrected chi connectivity index (χ4v) is 2.06. The summed E-state index contributed by atoms with van der Waals surface area (Å²) in [5.74, 6) is -2.74. The number of ether oxygens (including phenoxy) is 3. The van der Waals surface area contributed by atoms with Crippen LogP contribution in [0.2, 0.25) is 0 Å². The van der Waals surface area contributed by atoms with Crippen molar-refractivity contribution in [2.75, 3.05) is 39.5 Å². The molecule has 2 rings (SSSR count). The van der Waals surface area contributed by atoms with Gasteiger partial charge in [-0.2, -0.15) is 0 Å². The Morgan fingerprint density at radius 2 is 2.17 bits per heavy atom. The van der Waals surface area contributed by atoms with Gasteiger partial charge in [0.15, 0.2) is 0 Å². The maximum Gasteiger partial charge on any atom is 0.309 e. The van der Waals surface area contributed by atoms with E-state index in [1.807, 2.05) is 0 Å². The summed E-state index contributed by atoms with van der Waals surface area (Å²) in [4.78, 5) is 24.6. The monoisotopic (exact) mass is 258 g/mol. The van der Waals surface area contributed by atoms with E-state index in [-0.39, 0.29) is 12.8 Å². The first-order chi connectivity index (χ1) is 8.62. The molecule has 2 N–H and O–H groups in total. The molecule has 2 aliphatic heterocycles. The maximum absolute atomic E-state index is 11.3. The summed E-state index contributed by atoms with van der Waals surface area (Å²) in [5, 5.41) is 0. The predicted molar refractivity (Wildman–Crippen MR) is 60.5 cm³/mol. The van der Waals surface area contributed by atoms with Crippen LogP contribution in [-0.2, 0) is 23.8 Å². The lowest BCUT2D eigenvalue weighted by Gasteiger charge is -2.29. The van der Waals surface area contributed by atoms with Gasteiger partial charge >= 0.3 is 5.97 Å². The normalized spacial score (nSPS) is 29.2. The van der Waals surface area contributed by atoms with Gasteiger partial charge in [-0.25, -0.2) is 0 Å². The first kappa shape index (κ1) is 13.3. The van der Waals surface area contributed by atoms with Crippen molar-refractivity contribution < 1.29 is 23.8 Å². The Bertz CT molecular complexity index is 329. The second kappa shape index (κ2) is 5.64. The molecule has 0 aromatic rings. The van der Waals surface area contributed by atoms with E-state index in [0.29, 0.717) is 26.4 Å². The second-order valence-electron chi connectivity index (χ2n) is 4.39. The Morgan fingerprint density at radius 3 is 2.72 bits per heavy atom. The molecule has 2 aliphatic rings. The average Bonchev–Trinajstić information content (AvgIpc) is 2.74. The van der Waals surface area contributed by atoms with Gasteiger partial charge in [0.25, 0.3) is 11.7 Å². The van der Waals surface area contributed by atoms with Crippen molar-refractivity contribution in [2.45, 2.75) is 18.6 Å². The van der Waals surface area contributed by atoms with Gasteiger partial charge in [0.05, 0.1) is 26.2 Å². The van der Waals surface area contributed by atoms with Gasteiger partial charge in [-0.15, -0.1) is 0 Å². The summed E-state index contributed by atoms with van der Waals surface area (Å²) in [7, 11) is 0. The van der Waals surface area contributed by atoms with E-state index in [1.165, 1.54) is 0 Å². The van der Waals surface area contributed by atoms with Crippen LogP contribution in [0.15, 0.2) is 0 Å². The number of hydrogen-bond acceptors (Lipinski definition) is 6. The fraction of sp³-hybridized carbons (Fsp3) is 0.818. The summed E-state index contributed by atoms with van der Waals surface area (Å²) < 4.78 is 15.6. The number of rotatable bonds is 5. The van der Waals surface area contributed by atoms with Gasteiger partial charge < -0.3 is 19.9 Å². The standard InChI is InChI=1S/C11H18N2O5/c12-10(15)11(2-1-9(14)18-11)17-8-5-13-3-6-16-7-4-13/h1-8H2,(H2,12,15). The van der Waals surface area contributed by atoms with Crippen molar-refractivity contribution in [3.63, 3.8) is 0 Å². The number of morpholine rings is 1. The fourth-order valence-electron chi connectivity index (χ4n) is 2.06. The quantitative estimate of drug-likeness (QED) is 0.626. The molecule has 7 nitrogen and oxygen atoms in total. The summed E-state index contributed by atoms with van der Waals surface area (Å²) in [6, 6.07) is 0. The van der Waals surface area contributed by atoms with Crippen LogP contribution in [0.25, 0.3) is 0 Å². The average molecular weight is 258 g/mol. The topological polar surface area (TPSA) is 91.1 Å². The minimum absolute atomic E-state index is 0.167. The molecule has 0 spiro atoms. The molecule has 2 fully saturated rings. The first-order valence-electron chi connectivity index (χ1n) is 6.08. The van der Waals surface area contributed by atoms with E-state index in [9.17, 15) is 9.59 Å². The number of esters is 1. The lowest BCUT2D eigenvalue weighted by molar-refractivity contribution is -0.212. The smallest absolute Gasteiger partial charge is 0.309 e. The highest BCUT2D eigenvalue weighted by Gasteiger charge is 2.47. The number of carbonyl (C=O) groups excluding carboxylic acids is 2. The minimum Gasteiger partial charge on any atom is -0.423 e. The zero-order valence-corrected chi connectivity index (χ0v) is 10.2. The SMILES string of the molecule is NC(=O)C1(OCCN2CCOCC2)CCC(=O)O1. The molecule has 0 aromatic heterocycles. The summed E-state index contributed by atoms with van der Waals surface area (Å²) in [5.41, 5.74) is 5.24. The van der Waals surface area contributed by atoms with E-state index < -0.39 is 17.7 Å². The largest absolute Gasteiger partial charge is 0.423 e. The van der Waals surface area contributed by atoms with Gasteiger partial charge in [-0.05, 0) is 0 Å². The number of hydrogen-bond donors (Lipinski definition) is 1. The highest BCUT2D eigenvalue weighted by atomic mass is 16.7. The van der Waals surface area contributed by atoms with Crippen LogP contribution in [0.5, 0.6) is 0 Å². The Balaban J connectivity index is 1.79. The van der Waals surface area contributed by atoms with E-state index >= 15 is 0 Å². The van der Waals surface area contributed by atoms with Gasteiger partial charge in [0, 0.05) is 26.1 Å². The van der Waals surface area contributed by atoms with Crippen molar-refractivity contribution in [1.29, 1.82) is 0 Å². The van der Waals surface area contributed by atoms with Crippen LogP contribution in [0.4, 0.5) is 0 Å². The molecule has 0 saturated carbocycles. The highest BCUT2D eigenvalue weighted by Crippen LogP contribution is 2.27. The van der Waals surface area contributed by atoms with Crippen LogP contribution < -0.4 is 5.73 Å². The molecule has 1 unspecified atom stereocenters. The van der Waals surface area contributed by atoms with Crippen LogP contribution >= 0.6 is 0 Å². The Morgan fingerprint density at radius 1 is 1.44 bits per heavy atom. The van der Waals surface area contributed by atoms with Gasteiger partial charge in [0.2, 0.25) is 0 Å². The number of nitrogens with zero attached hydrogens (tertiary/aromatic N) is 1. The summed E-state index contributed by atoms with van der Waals surface area (Å²) in [6.45, 7) is 4.05. The third-order valence-corrected chi connectivity index (χ3v) is 3.16. The Kier molecular flexibility index (Phi) is 4.15. The molecule has 0 bridgehead atoms. The zero-order chi connectivity index (χ0) is 13.0. The molecule has 0 radical (unpaired) electrons. The minimum atomic E-state index is -1.55. The highest BCUT2D eigenvalue weighted by molar-refractivity contribution is 5.87. The van der Waals surface area contributed by atoms with Crippen molar-refractivity contribution in [3.8, 4) is 0 Å². The van der Waals surface area contributed by atoms with Crippen LogP contribution in [-0.4, -0.2) is 62.0 Å². The van der Waals surface area contributed by atoms with Crippen molar-refractivity contribution in [3.05, 3.63) is 0 Å². The molecule has 0 aliphatic carbocycles. The molecular formula is C11H18N2O5. The molecule has 2 heterocycles. The Labute approximate surface area is 105 Å². The van der Waals surface area contributed by atoms with Crippen LogP contribution in [0, 0.1) is 0 Å². The number of primary amides is 1. The Hall–Kier alpha value is -1.18. The molecule has 1 atom stereocenters. The number of amides is 1. The lowest BCUT2D eigenvalue weighted by Crippen LogP contribution is -2.48. The summed E-state index contributed by atoms with van der Waals surface area (Å²) >= 11 is 0. The number of nitrogens with two attached hydrogens (primary N) is 1. The third-order valence-electron chi connectivity index (χ3n) is 3.16. The zero-order valence-electron chi connectivity index (χ0n) is 10.2. The third kappa shape index (κ3) is 2.98. The van der Waals surface area contributed by atoms with Crippen LogP contribution in [0.1, 0.15) is 12.8 Å². The lowest BCUT2D eigenvalue weighted by atomic mass is 10.2. The molecule has 102 valence electrons. The van der Waals surface area contributed by atoms with E-state index in [4.69, 9.17) is 19.9 Å². The molecule has 18 heavy (non-hydrogen) atoms. The van der Waals surface area contributed by atoms with Gasteiger partial charge in [-0.1, -0.05) is 0 Å².